The molecule has 40 heavy (non-hydrogen) atoms. The van der Waals surface area contributed by atoms with Crippen molar-refractivity contribution >= 4 is 43.5 Å². The Labute approximate surface area is 243 Å². The molecule has 2 amide bonds. The Hall–Kier alpha value is -3.44. The predicted molar refractivity (Wildman–Crippen MR) is 156 cm³/mol. The second kappa shape index (κ2) is 14.3. The SMILES string of the molecule is CCCNC(=O)[C@H](C)N(Cc1ccc(Br)cc1)C(=O)CN(c1ccc(OCC)cc1)S(=O)(=O)c1ccc(F)cc1. The summed E-state index contributed by atoms with van der Waals surface area (Å²) < 4.78 is 48.4. The molecule has 0 saturated carbocycles. The van der Waals surface area contributed by atoms with Gasteiger partial charge in [0.15, 0.2) is 0 Å². The molecular formula is C29H33BrFN3O5S. The van der Waals surface area contributed by atoms with Gasteiger partial charge in [-0.05, 0) is 86.5 Å². The number of anilines is 1. The van der Waals surface area contributed by atoms with Crippen molar-refractivity contribution in [1.82, 2.24) is 10.2 Å². The van der Waals surface area contributed by atoms with Crippen LogP contribution in [-0.2, 0) is 26.2 Å². The van der Waals surface area contributed by atoms with Crippen LogP contribution in [0, 0.1) is 5.82 Å². The number of hydrogen-bond donors (Lipinski definition) is 1. The van der Waals surface area contributed by atoms with Crippen LogP contribution in [0.2, 0.25) is 0 Å². The lowest BCUT2D eigenvalue weighted by Crippen LogP contribution is -2.51. The topological polar surface area (TPSA) is 96.0 Å². The van der Waals surface area contributed by atoms with Gasteiger partial charge in [-0.1, -0.05) is 35.0 Å². The van der Waals surface area contributed by atoms with E-state index in [0.29, 0.717) is 18.9 Å². The van der Waals surface area contributed by atoms with E-state index in [-0.39, 0.29) is 23.0 Å². The Morgan fingerprint density at radius 2 is 1.60 bits per heavy atom. The minimum absolute atomic E-state index is 0.0839. The van der Waals surface area contributed by atoms with Crippen LogP contribution in [0.3, 0.4) is 0 Å². The van der Waals surface area contributed by atoms with Crippen LogP contribution in [0.4, 0.5) is 10.1 Å². The average Bonchev–Trinajstić information content (AvgIpc) is 2.94. The standard InChI is InChI=1S/C29H33BrFN3O5S/c1-4-18-32-29(36)21(3)33(19-22-6-8-23(30)9-7-22)28(35)20-34(25-12-14-26(15-13-25)39-5-2)40(37,38)27-16-10-24(31)11-17-27/h6-17,21H,4-5,18-20H2,1-3H3,(H,32,36)/t21-/m0/s1. The van der Waals surface area contributed by atoms with Crippen molar-refractivity contribution in [3.8, 4) is 5.75 Å². The molecule has 0 aliphatic heterocycles. The lowest BCUT2D eigenvalue weighted by molar-refractivity contribution is -0.139. The number of nitrogens with one attached hydrogen (secondary N) is 1. The van der Waals surface area contributed by atoms with Gasteiger partial charge in [-0.25, -0.2) is 12.8 Å². The molecule has 0 fully saturated rings. The van der Waals surface area contributed by atoms with Crippen molar-refractivity contribution in [2.24, 2.45) is 0 Å². The number of carbonyl (C=O) groups excluding carboxylic acids is 2. The van der Waals surface area contributed by atoms with Crippen LogP contribution >= 0.6 is 15.9 Å². The minimum atomic E-state index is -4.29. The van der Waals surface area contributed by atoms with E-state index in [1.165, 1.54) is 17.0 Å². The summed E-state index contributed by atoms with van der Waals surface area (Å²) in [6, 6.07) is 17.1. The maximum atomic E-state index is 13.9. The Bertz CT molecular complexity index is 1380. The van der Waals surface area contributed by atoms with Crippen LogP contribution < -0.4 is 14.4 Å². The van der Waals surface area contributed by atoms with E-state index in [2.05, 4.69) is 21.2 Å². The number of rotatable bonds is 13. The van der Waals surface area contributed by atoms with Crippen molar-refractivity contribution in [3.63, 3.8) is 0 Å². The molecule has 3 aromatic rings. The quantitative estimate of drug-likeness (QED) is 0.282. The molecule has 11 heteroatoms. The summed E-state index contributed by atoms with van der Waals surface area (Å²) in [5, 5.41) is 2.81. The lowest BCUT2D eigenvalue weighted by atomic mass is 10.1. The molecule has 0 aliphatic rings. The van der Waals surface area contributed by atoms with Gasteiger partial charge in [0.25, 0.3) is 10.0 Å². The molecule has 0 bridgehead atoms. The number of carbonyl (C=O) groups is 2. The second-order valence-electron chi connectivity index (χ2n) is 9.01. The summed E-state index contributed by atoms with van der Waals surface area (Å²) in [5.74, 6) is -0.979. The minimum Gasteiger partial charge on any atom is -0.494 e. The highest BCUT2D eigenvalue weighted by Crippen LogP contribution is 2.27. The van der Waals surface area contributed by atoms with Gasteiger partial charge in [0.1, 0.15) is 24.2 Å². The molecule has 3 rings (SSSR count). The van der Waals surface area contributed by atoms with Crippen LogP contribution in [0.25, 0.3) is 0 Å². The molecule has 0 saturated heterocycles. The zero-order valence-corrected chi connectivity index (χ0v) is 25.0. The molecule has 0 heterocycles. The molecule has 3 aromatic carbocycles. The Kier molecular flexibility index (Phi) is 11.1. The number of nitrogens with zero attached hydrogens (tertiary/aromatic N) is 2. The molecule has 0 unspecified atom stereocenters. The van der Waals surface area contributed by atoms with Crippen molar-refractivity contribution in [2.45, 2.75) is 44.7 Å². The first-order valence-corrected chi connectivity index (χ1v) is 15.1. The van der Waals surface area contributed by atoms with Gasteiger partial charge in [-0.3, -0.25) is 13.9 Å². The largest absolute Gasteiger partial charge is 0.494 e. The van der Waals surface area contributed by atoms with Gasteiger partial charge in [0.2, 0.25) is 11.8 Å². The molecule has 0 radical (unpaired) electrons. The summed E-state index contributed by atoms with van der Waals surface area (Å²) in [4.78, 5) is 27.9. The van der Waals surface area contributed by atoms with E-state index in [1.54, 1.807) is 19.1 Å². The number of hydrogen-bond acceptors (Lipinski definition) is 5. The summed E-state index contributed by atoms with van der Waals surface area (Å²) in [6.45, 7) is 5.73. The summed E-state index contributed by atoms with van der Waals surface area (Å²) in [6.07, 6.45) is 0.723. The first kappa shape index (κ1) is 31.1. The van der Waals surface area contributed by atoms with E-state index in [0.717, 1.165) is 45.0 Å². The van der Waals surface area contributed by atoms with Gasteiger partial charge in [-0.15, -0.1) is 0 Å². The summed E-state index contributed by atoms with van der Waals surface area (Å²) >= 11 is 3.39. The van der Waals surface area contributed by atoms with Gasteiger partial charge >= 0.3 is 0 Å². The zero-order chi connectivity index (χ0) is 29.3. The Morgan fingerprint density at radius 3 is 2.17 bits per heavy atom. The smallest absolute Gasteiger partial charge is 0.264 e. The molecule has 1 N–H and O–H groups in total. The van der Waals surface area contributed by atoms with Gasteiger partial charge in [0, 0.05) is 17.6 Å². The Balaban J connectivity index is 2.01. The number of amides is 2. The first-order chi connectivity index (χ1) is 19.1. The molecule has 1 atom stereocenters. The van der Waals surface area contributed by atoms with Crippen molar-refractivity contribution in [3.05, 3.63) is 88.6 Å². The maximum absolute atomic E-state index is 13.9. The van der Waals surface area contributed by atoms with Gasteiger partial charge in [-0.2, -0.15) is 0 Å². The van der Waals surface area contributed by atoms with Crippen molar-refractivity contribution in [2.75, 3.05) is 24.0 Å². The van der Waals surface area contributed by atoms with Crippen LogP contribution in [0.5, 0.6) is 5.75 Å². The predicted octanol–water partition coefficient (Wildman–Crippen LogP) is 5.13. The third-order valence-electron chi connectivity index (χ3n) is 6.10. The highest BCUT2D eigenvalue weighted by Gasteiger charge is 2.32. The first-order valence-electron chi connectivity index (χ1n) is 12.9. The molecule has 0 spiro atoms. The van der Waals surface area contributed by atoms with E-state index >= 15 is 0 Å². The van der Waals surface area contributed by atoms with E-state index in [9.17, 15) is 22.4 Å². The maximum Gasteiger partial charge on any atom is 0.264 e. The van der Waals surface area contributed by atoms with Crippen molar-refractivity contribution < 1.29 is 27.1 Å². The third-order valence-corrected chi connectivity index (χ3v) is 8.42. The summed E-state index contributed by atoms with van der Waals surface area (Å²) in [5.41, 5.74) is 0.980. The van der Waals surface area contributed by atoms with E-state index in [1.807, 2.05) is 38.1 Å². The Morgan fingerprint density at radius 1 is 0.975 bits per heavy atom. The fraction of sp³-hybridized carbons (Fsp3) is 0.310. The highest BCUT2D eigenvalue weighted by molar-refractivity contribution is 9.10. The van der Waals surface area contributed by atoms with Crippen LogP contribution in [-0.4, -0.2) is 50.9 Å². The zero-order valence-electron chi connectivity index (χ0n) is 22.6. The van der Waals surface area contributed by atoms with Crippen molar-refractivity contribution in [1.29, 1.82) is 0 Å². The number of halogens is 2. The number of sulfonamides is 1. The van der Waals surface area contributed by atoms with Crippen LogP contribution in [0.15, 0.2) is 82.2 Å². The van der Waals surface area contributed by atoms with E-state index < -0.39 is 34.3 Å². The number of benzene rings is 3. The molecule has 0 aliphatic carbocycles. The van der Waals surface area contributed by atoms with E-state index in [4.69, 9.17) is 4.74 Å². The fourth-order valence-corrected chi connectivity index (χ4v) is 5.58. The van der Waals surface area contributed by atoms with Gasteiger partial charge < -0.3 is 15.0 Å². The monoisotopic (exact) mass is 633 g/mol. The average molecular weight is 635 g/mol. The number of ether oxygens (including phenoxy) is 1. The third kappa shape index (κ3) is 8.04. The normalized spacial score (nSPS) is 11.9. The molecular weight excluding hydrogens is 601 g/mol. The highest BCUT2D eigenvalue weighted by atomic mass is 79.9. The van der Waals surface area contributed by atoms with Gasteiger partial charge in [0.05, 0.1) is 17.2 Å². The van der Waals surface area contributed by atoms with Crippen LogP contribution in [0.1, 0.15) is 32.8 Å². The molecule has 8 nitrogen and oxygen atoms in total. The summed E-state index contributed by atoms with van der Waals surface area (Å²) in [7, 11) is -4.29. The molecule has 214 valence electrons. The molecule has 0 aromatic heterocycles. The lowest BCUT2D eigenvalue weighted by Gasteiger charge is -2.32. The second-order valence-corrected chi connectivity index (χ2v) is 11.8. The fourth-order valence-electron chi connectivity index (χ4n) is 3.90.